The highest BCUT2D eigenvalue weighted by Gasteiger charge is 2.31. The maximum absolute atomic E-state index is 14.6. The fraction of sp³-hybridized carbons (Fsp3) is 0.286. The molecule has 0 radical (unpaired) electrons. The molecular formula is C28H30BrFN2O3. The molecule has 3 aromatic carbocycles. The number of likely N-dealkylation sites (N-methyl/N-ethyl adjacent to an activating group) is 1. The Bertz CT molecular complexity index is 1140. The third kappa shape index (κ3) is 7.39. The number of hydrogen-bond donors (Lipinski definition) is 1. The fourth-order valence-corrected chi connectivity index (χ4v) is 4.30. The SMILES string of the molecule is CCNC(=O)[C@H](Cc1ccccc1)N(Cc1ccccc1F)C(=O)COc1ccc(CC)cc1Br. The molecule has 0 fully saturated rings. The van der Waals surface area contributed by atoms with Crippen molar-refractivity contribution in [1.82, 2.24) is 10.2 Å². The van der Waals surface area contributed by atoms with E-state index in [9.17, 15) is 14.0 Å². The number of amides is 2. The maximum Gasteiger partial charge on any atom is 0.261 e. The Morgan fingerprint density at radius 2 is 1.71 bits per heavy atom. The van der Waals surface area contributed by atoms with Crippen LogP contribution in [0.4, 0.5) is 4.39 Å². The lowest BCUT2D eigenvalue weighted by Gasteiger charge is -2.31. The standard InChI is InChI=1S/C28H30BrFN2O3/c1-3-20-14-15-26(23(29)16-20)35-19-27(33)32(18-22-12-8-9-13-24(22)30)25(28(34)31-4-2)17-21-10-6-5-7-11-21/h5-16,25H,3-4,17-19H2,1-2H3,(H,31,34)/t25-/m0/s1. The number of halogens is 2. The summed E-state index contributed by atoms with van der Waals surface area (Å²) in [5.74, 6) is -0.612. The topological polar surface area (TPSA) is 58.6 Å². The summed E-state index contributed by atoms with van der Waals surface area (Å²) >= 11 is 3.49. The third-order valence-electron chi connectivity index (χ3n) is 5.68. The first-order valence-electron chi connectivity index (χ1n) is 11.7. The van der Waals surface area contributed by atoms with Gasteiger partial charge in [0.25, 0.3) is 5.91 Å². The molecule has 35 heavy (non-hydrogen) atoms. The Balaban J connectivity index is 1.90. The molecule has 3 aromatic rings. The van der Waals surface area contributed by atoms with Crippen molar-refractivity contribution < 1.29 is 18.7 Å². The second-order valence-electron chi connectivity index (χ2n) is 8.12. The number of nitrogens with one attached hydrogen (secondary N) is 1. The summed E-state index contributed by atoms with van der Waals surface area (Å²) in [5, 5.41) is 2.82. The van der Waals surface area contributed by atoms with E-state index in [1.807, 2.05) is 55.5 Å². The average molecular weight is 541 g/mol. The summed E-state index contributed by atoms with van der Waals surface area (Å²) in [7, 11) is 0. The molecule has 1 atom stereocenters. The first-order valence-corrected chi connectivity index (χ1v) is 12.5. The van der Waals surface area contributed by atoms with Crippen LogP contribution >= 0.6 is 15.9 Å². The number of benzene rings is 3. The van der Waals surface area contributed by atoms with E-state index in [0.29, 0.717) is 24.3 Å². The smallest absolute Gasteiger partial charge is 0.261 e. The number of carbonyl (C=O) groups is 2. The third-order valence-corrected chi connectivity index (χ3v) is 6.30. The van der Waals surface area contributed by atoms with Crippen LogP contribution in [0.15, 0.2) is 77.3 Å². The zero-order valence-electron chi connectivity index (χ0n) is 20.0. The van der Waals surface area contributed by atoms with Crippen LogP contribution in [0.25, 0.3) is 0 Å². The Morgan fingerprint density at radius 1 is 1.00 bits per heavy atom. The van der Waals surface area contributed by atoms with E-state index in [0.717, 1.165) is 22.0 Å². The van der Waals surface area contributed by atoms with Crippen LogP contribution in [0.3, 0.4) is 0 Å². The quantitative estimate of drug-likeness (QED) is 0.358. The van der Waals surface area contributed by atoms with Gasteiger partial charge in [-0.3, -0.25) is 9.59 Å². The first kappa shape index (κ1) is 26.4. The highest BCUT2D eigenvalue weighted by molar-refractivity contribution is 9.10. The van der Waals surface area contributed by atoms with Gasteiger partial charge in [0, 0.05) is 25.1 Å². The minimum absolute atomic E-state index is 0.0561. The van der Waals surface area contributed by atoms with Gasteiger partial charge in [-0.2, -0.15) is 0 Å². The molecule has 0 saturated heterocycles. The van der Waals surface area contributed by atoms with E-state index in [4.69, 9.17) is 4.74 Å². The van der Waals surface area contributed by atoms with E-state index in [1.165, 1.54) is 11.0 Å². The lowest BCUT2D eigenvalue weighted by atomic mass is 10.0. The lowest BCUT2D eigenvalue weighted by molar-refractivity contribution is -0.142. The van der Waals surface area contributed by atoms with Gasteiger partial charge >= 0.3 is 0 Å². The molecule has 1 N–H and O–H groups in total. The minimum atomic E-state index is -0.834. The molecule has 7 heteroatoms. The molecule has 2 amide bonds. The van der Waals surface area contributed by atoms with Crippen molar-refractivity contribution in [2.45, 2.75) is 39.3 Å². The van der Waals surface area contributed by atoms with Crippen LogP contribution in [0.1, 0.15) is 30.5 Å². The number of aryl methyl sites for hydroxylation is 1. The Labute approximate surface area is 214 Å². The summed E-state index contributed by atoms with van der Waals surface area (Å²) in [6.45, 7) is 3.95. The van der Waals surface area contributed by atoms with Gasteiger partial charge in [0.15, 0.2) is 6.61 Å². The summed E-state index contributed by atoms with van der Waals surface area (Å²) < 4.78 is 21.1. The predicted octanol–water partition coefficient (Wildman–Crippen LogP) is 5.31. The van der Waals surface area contributed by atoms with E-state index in [2.05, 4.69) is 28.2 Å². The Kier molecular flexibility index (Phi) is 9.85. The largest absolute Gasteiger partial charge is 0.483 e. The van der Waals surface area contributed by atoms with Crippen molar-refractivity contribution in [3.05, 3.63) is 99.8 Å². The van der Waals surface area contributed by atoms with E-state index in [1.54, 1.807) is 18.2 Å². The lowest BCUT2D eigenvalue weighted by Crippen LogP contribution is -2.51. The maximum atomic E-state index is 14.6. The van der Waals surface area contributed by atoms with E-state index < -0.39 is 17.8 Å². The molecule has 0 heterocycles. The van der Waals surface area contributed by atoms with Crippen LogP contribution < -0.4 is 10.1 Å². The van der Waals surface area contributed by atoms with Gasteiger partial charge in [0.2, 0.25) is 5.91 Å². The number of rotatable bonds is 11. The van der Waals surface area contributed by atoms with Gasteiger partial charge in [-0.25, -0.2) is 4.39 Å². The summed E-state index contributed by atoms with van der Waals surface area (Å²) in [5.41, 5.74) is 2.36. The zero-order chi connectivity index (χ0) is 25.2. The van der Waals surface area contributed by atoms with Crippen molar-refractivity contribution in [1.29, 1.82) is 0 Å². The fourth-order valence-electron chi connectivity index (χ4n) is 3.76. The van der Waals surface area contributed by atoms with Crippen molar-refractivity contribution >= 4 is 27.7 Å². The number of carbonyl (C=O) groups excluding carboxylic acids is 2. The van der Waals surface area contributed by atoms with E-state index >= 15 is 0 Å². The van der Waals surface area contributed by atoms with Crippen molar-refractivity contribution in [2.24, 2.45) is 0 Å². The Hall–Kier alpha value is -3.19. The molecule has 184 valence electrons. The number of nitrogens with zero attached hydrogens (tertiary/aromatic N) is 1. The van der Waals surface area contributed by atoms with Crippen LogP contribution in [-0.2, 0) is 29.0 Å². The van der Waals surface area contributed by atoms with Crippen LogP contribution in [0.2, 0.25) is 0 Å². The Morgan fingerprint density at radius 3 is 2.37 bits per heavy atom. The van der Waals surface area contributed by atoms with Crippen LogP contribution in [-0.4, -0.2) is 35.9 Å². The second kappa shape index (κ2) is 13.0. The first-order chi connectivity index (χ1) is 16.9. The highest BCUT2D eigenvalue weighted by atomic mass is 79.9. The molecule has 3 rings (SSSR count). The average Bonchev–Trinajstić information content (AvgIpc) is 2.87. The van der Waals surface area contributed by atoms with Crippen molar-refractivity contribution in [3.8, 4) is 5.75 Å². The van der Waals surface area contributed by atoms with E-state index in [-0.39, 0.29) is 19.1 Å². The predicted molar refractivity (Wildman–Crippen MR) is 139 cm³/mol. The second-order valence-corrected chi connectivity index (χ2v) is 8.97. The van der Waals surface area contributed by atoms with Crippen molar-refractivity contribution in [3.63, 3.8) is 0 Å². The summed E-state index contributed by atoms with van der Waals surface area (Å²) in [6, 6.07) is 20.6. The number of ether oxygens (including phenoxy) is 1. The van der Waals surface area contributed by atoms with Crippen molar-refractivity contribution in [2.75, 3.05) is 13.2 Å². The molecule has 5 nitrogen and oxygen atoms in total. The molecule has 0 spiro atoms. The molecule has 0 saturated carbocycles. The molecule has 0 aromatic heterocycles. The molecule has 0 aliphatic carbocycles. The minimum Gasteiger partial charge on any atom is -0.483 e. The van der Waals surface area contributed by atoms with Gasteiger partial charge < -0.3 is 15.0 Å². The normalized spacial score (nSPS) is 11.5. The molecule has 0 bridgehead atoms. The van der Waals surface area contributed by atoms with Gasteiger partial charge in [-0.15, -0.1) is 0 Å². The molecular weight excluding hydrogens is 511 g/mol. The molecule has 0 unspecified atom stereocenters. The monoisotopic (exact) mass is 540 g/mol. The summed E-state index contributed by atoms with van der Waals surface area (Å²) in [6.07, 6.45) is 1.17. The van der Waals surface area contributed by atoms with Gasteiger partial charge in [0.05, 0.1) is 4.47 Å². The van der Waals surface area contributed by atoms with Crippen LogP contribution in [0.5, 0.6) is 5.75 Å². The van der Waals surface area contributed by atoms with Gasteiger partial charge in [-0.1, -0.05) is 61.5 Å². The van der Waals surface area contributed by atoms with Gasteiger partial charge in [-0.05, 0) is 58.6 Å². The summed E-state index contributed by atoms with van der Waals surface area (Å²) in [4.78, 5) is 28.0. The molecule has 0 aliphatic rings. The van der Waals surface area contributed by atoms with Crippen LogP contribution in [0, 0.1) is 5.82 Å². The number of hydrogen-bond acceptors (Lipinski definition) is 3. The molecule has 0 aliphatic heterocycles. The highest BCUT2D eigenvalue weighted by Crippen LogP contribution is 2.26. The zero-order valence-corrected chi connectivity index (χ0v) is 21.6. The van der Waals surface area contributed by atoms with Gasteiger partial charge in [0.1, 0.15) is 17.6 Å².